The van der Waals surface area contributed by atoms with Gasteiger partial charge < -0.3 is 4.74 Å². The van der Waals surface area contributed by atoms with Gasteiger partial charge in [0.25, 0.3) is 0 Å². The normalized spacial score (nSPS) is 12.7. The first-order valence-corrected chi connectivity index (χ1v) is 6.02. The second kappa shape index (κ2) is 5.77. The number of nitrogens with zero attached hydrogens (tertiary/aromatic N) is 4. The van der Waals surface area contributed by atoms with Crippen LogP contribution in [0.15, 0.2) is 24.8 Å². The molecule has 0 bridgehead atoms. The highest BCUT2D eigenvalue weighted by atomic mass is 16.5. The number of aromatic nitrogens is 4. The Labute approximate surface area is 111 Å². The van der Waals surface area contributed by atoms with Gasteiger partial charge in [0.2, 0.25) is 0 Å². The third-order valence-corrected chi connectivity index (χ3v) is 2.83. The van der Waals surface area contributed by atoms with Gasteiger partial charge in [0.15, 0.2) is 5.75 Å². The molecule has 0 saturated heterocycles. The van der Waals surface area contributed by atoms with Crippen LogP contribution in [0.3, 0.4) is 0 Å². The van der Waals surface area contributed by atoms with Gasteiger partial charge in [-0.3, -0.25) is 20.5 Å². The molecule has 0 aromatic carbocycles. The van der Waals surface area contributed by atoms with Crippen LogP contribution in [0.2, 0.25) is 0 Å². The van der Waals surface area contributed by atoms with Crippen molar-refractivity contribution in [2.75, 3.05) is 7.11 Å². The topological polar surface area (TPSA) is 90.9 Å². The fourth-order valence-corrected chi connectivity index (χ4v) is 1.96. The molecule has 19 heavy (non-hydrogen) atoms. The lowest BCUT2D eigenvalue weighted by molar-refractivity contribution is 0.393. The van der Waals surface area contributed by atoms with Gasteiger partial charge in [-0.05, 0) is 13.8 Å². The van der Waals surface area contributed by atoms with Crippen molar-refractivity contribution in [3.05, 3.63) is 36.2 Å². The van der Waals surface area contributed by atoms with Gasteiger partial charge >= 0.3 is 0 Å². The van der Waals surface area contributed by atoms with E-state index in [1.165, 1.54) is 0 Å². The molecule has 2 aromatic heterocycles. The van der Waals surface area contributed by atoms with E-state index < -0.39 is 0 Å². The summed E-state index contributed by atoms with van der Waals surface area (Å²) in [6.45, 7) is 4.08. The van der Waals surface area contributed by atoms with E-state index >= 15 is 0 Å². The smallest absolute Gasteiger partial charge is 0.162 e. The summed E-state index contributed by atoms with van der Waals surface area (Å²) in [5, 5.41) is 4.33. The Morgan fingerprint density at radius 3 is 2.63 bits per heavy atom. The predicted octanol–water partition coefficient (Wildman–Crippen LogP) is 0.815. The molecule has 2 heterocycles. The van der Waals surface area contributed by atoms with E-state index in [2.05, 4.69) is 20.5 Å². The van der Waals surface area contributed by atoms with Crippen LogP contribution in [-0.2, 0) is 0 Å². The Bertz CT molecular complexity index is 524. The lowest BCUT2D eigenvalue weighted by atomic mass is 10.1. The van der Waals surface area contributed by atoms with Crippen molar-refractivity contribution in [2.45, 2.75) is 25.9 Å². The summed E-state index contributed by atoms with van der Waals surface area (Å²) in [5.74, 6) is 6.34. The van der Waals surface area contributed by atoms with E-state index in [-0.39, 0.29) is 12.1 Å². The van der Waals surface area contributed by atoms with Crippen molar-refractivity contribution in [1.29, 1.82) is 0 Å². The van der Waals surface area contributed by atoms with Crippen LogP contribution in [0.25, 0.3) is 0 Å². The van der Waals surface area contributed by atoms with Crippen molar-refractivity contribution >= 4 is 0 Å². The van der Waals surface area contributed by atoms with Gasteiger partial charge in [-0.15, -0.1) is 0 Å². The van der Waals surface area contributed by atoms with Gasteiger partial charge in [-0.1, -0.05) is 0 Å². The Balaban J connectivity index is 2.51. The summed E-state index contributed by atoms with van der Waals surface area (Å²) in [7, 11) is 1.61. The fraction of sp³-hybridized carbons (Fsp3) is 0.417. The second-order valence-electron chi connectivity index (χ2n) is 4.37. The Hall–Kier alpha value is -1.99. The number of ether oxygens (including phenoxy) is 1. The minimum atomic E-state index is -0.325. The number of methoxy groups -OCH3 is 1. The maximum Gasteiger partial charge on any atom is 0.162 e. The predicted molar refractivity (Wildman–Crippen MR) is 70.4 cm³/mol. The molecule has 102 valence electrons. The quantitative estimate of drug-likeness (QED) is 0.612. The molecule has 3 N–H and O–H groups in total. The van der Waals surface area contributed by atoms with E-state index in [9.17, 15) is 0 Å². The molecule has 1 unspecified atom stereocenters. The molecule has 7 heteroatoms. The lowest BCUT2D eigenvalue weighted by Crippen LogP contribution is -2.32. The number of hydrogen-bond acceptors (Lipinski definition) is 6. The zero-order valence-corrected chi connectivity index (χ0v) is 11.2. The molecule has 0 aliphatic carbocycles. The van der Waals surface area contributed by atoms with E-state index in [1.807, 2.05) is 18.5 Å². The third kappa shape index (κ3) is 2.56. The number of hydrogen-bond donors (Lipinski definition) is 2. The molecule has 0 spiro atoms. The molecule has 0 aliphatic heterocycles. The number of hydrazine groups is 1. The van der Waals surface area contributed by atoms with Crippen LogP contribution in [0.1, 0.15) is 37.3 Å². The first kappa shape index (κ1) is 13.4. The first-order chi connectivity index (χ1) is 9.19. The van der Waals surface area contributed by atoms with Crippen LogP contribution in [0.5, 0.6) is 5.75 Å². The van der Waals surface area contributed by atoms with Gasteiger partial charge in [-0.2, -0.15) is 5.10 Å². The molecule has 0 fully saturated rings. The summed E-state index contributed by atoms with van der Waals surface area (Å²) in [5.41, 5.74) is 4.29. The van der Waals surface area contributed by atoms with Gasteiger partial charge in [-0.25, -0.2) is 5.43 Å². The minimum absolute atomic E-state index is 0.187. The van der Waals surface area contributed by atoms with Crippen LogP contribution >= 0.6 is 0 Å². The van der Waals surface area contributed by atoms with Gasteiger partial charge in [0.05, 0.1) is 25.2 Å². The summed E-state index contributed by atoms with van der Waals surface area (Å²) in [6.07, 6.45) is 6.59. The standard InChI is InChI=1S/C12H18N6O/c1-8(2)18-12(10(19-3)7-16-18)11(17-13)9-6-14-4-5-15-9/h4-8,11,17H,13H2,1-3H3. The fourth-order valence-electron chi connectivity index (χ4n) is 1.96. The minimum Gasteiger partial charge on any atom is -0.493 e. The van der Waals surface area contributed by atoms with E-state index in [0.717, 1.165) is 5.69 Å². The summed E-state index contributed by atoms with van der Waals surface area (Å²) in [4.78, 5) is 8.34. The van der Waals surface area contributed by atoms with E-state index in [1.54, 1.807) is 31.9 Å². The van der Waals surface area contributed by atoms with Gasteiger partial charge in [0, 0.05) is 18.4 Å². The van der Waals surface area contributed by atoms with Crippen LogP contribution in [0, 0.1) is 0 Å². The van der Waals surface area contributed by atoms with Crippen molar-refractivity contribution in [3.63, 3.8) is 0 Å². The molecule has 2 aromatic rings. The Morgan fingerprint density at radius 2 is 2.11 bits per heavy atom. The third-order valence-electron chi connectivity index (χ3n) is 2.83. The SMILES string of the molecule is COc1cnn(C(C)C)c1C(NN)c1cnccn1. The average molecular weight is 262 g/mol. The zero-order chi connectivity index (χ0) is 13.8. The number of nitrogens with one attached hydrogen (secondary N) is 1. The largest absolute Gasteiger partial charge is 0.493 e. The average Bonchev–Trinajstić information content (AvgIpc) is 2.85. The van der Waals surface area contributed by atoms with E-state index in [4.69, 9.17) is 10.6 Å². The number of rotatable bonds is 5. The Morgan fingerprint density at radius 1 is 1.32 bits per heavy atom. The number of nitrogens with two attached hydrogens (primary N) is 1. The molecule has 2 rings (SSSR count). The van der Waals surface area contributed by atoms with Crippen LogP contribution < -0.4 is 16.0 Å². The van der Waals surface area contributed by atoms with Crippen molar-refractivity contribution in [3.8, 4) is 5.75 Å². The molecule has 0 aliphatic rings. The Kier molecular flexibility index (Phi) is 4.08. The van der Waals surface area contributed by atoms with Crippen molar-refractivity contribution in [1.82, 2.24) is 25.2 Å². The summed E-state index contributed by atoms with van der Waals surface area (Å²) >= 11 is 0. The highest BCUT2D eigenvalue weighted by Gasteiger charge is 2.25. The highest BCUT2D eigenvalue weighted by Crippen LogP contribution is 2.30. The monoisotopic (exact) mass is 262 g/mol. The molecule has 7 nitrogen and oxygen atoms in total. The molecule has 0 amide bonds. The molecule has 1 atom stereocenters. The van der Waals surface area contributed by atoms with Crippen molar-refractivity contribution in [2.24, 2.45) is 5.84 Å². The van der Waals surface area contributed by atoms with Crippen LogP contribution in [-0.4, -0.2) is 26.9 Å². The lowest BCUT2D eigenvalue weighted by Gasteiger charge is -2.20. The first-order valence-electron chi connectivity index (χ1n) is 6.02. The molecular formula is C12H18N6O. The van der Waals surface area contributed by atoms with Crippen LogP contribution in [0.4, 0.5) is 0 Å². The second-order valence-corrected chi connectivity index (χ2v) is 4.37. The van der Waals surface area contributed by atoms with E-state index in [0.29, 0.717) is 11.4 Å². The maximum absolute atomic E-state index is 5.67. The highest BCUT2D eigenvalue weighted by molar-refractivity contribution is 5.33. The maximum atomic E-state index is 5.67. The summed E-state index contributed by atoms with van der Waals surface area (Å²) < 4.78 is 7.21. The summed E-state index contributed by atoms with van der Waals surface area (Å²) in [6, 6.07) is -0.139. The zero-order valence-electron chi connectivity index (χ0n) is 11.2. The molecular weight excluding hydrogens is 244 g/mol. The van der Waals surface area contributed by atoms with Gasteiger partial charge in [0.1, 0.15) is 11.7 Å². The van der Waals surface area contributed by atoms with Crippen molar-refractivity contribution < 1.29 is 4.74 Å². The molecule has 0 saturated carbocycles. The molecule has 0 radical (unpaired) electrons.